The highest BCUT2D eigenvalue weighted by Gasteiger charge is 2.43. The van der Waals surface area contributed by atoms with Crippen molar-refractivity contribution in [3.63, 3.8) is 0 Å². The molecule has 10 heteroatoms. The Morgan fingerprint density at radius 1 is 1.21 bits per heavy atom. The number of nitrogens with zero attached hydrogens (tertiary/aromatic N) is 4. The van der Waals surface area contributed by atoms with Crippen molar-refractivity contribution in [1.82, 2.24) is 15.2 Å². The summed E-state index contributed by atoms with van der Waals surface area (Å²) in [6.07, 6.45) is 3.84. The molecule has 8 nitrogen and oxygen atoms in total. The van der Waals surface area contributed by atoms with Crippen molar-refractivity contribution in [3.8, 4) is 6.19 Å². The second-order valence-corrected chi connectivity index (χ2v) is 11.5. The Morgan fingerprint density at radius 3 is 2.44 bits per heavy atom. The Balaban J connectivity index is 1.76. The van der Waals surface area contributed by atoms with Gasteiger partial charge in [-0.25, -0.2) is 8.78 Å². The zero-order valence-electron chi connectivity index (χ0n) is 22.5. The van der Waals surface area contributed by atoms with Crippen LogP contribution in [0.25, 0.3) is 0 Å². The van der Waals surface area contributed by atoms with Gasteiger partial charge in [0, 0.05) is 48.9 Å². The SMILES string of the molecule is CC(C)(C)c1ccc(N(C(=O)[C@H]2C[C@@H](O)CN2C#N)C(C(=O)NC2CCC(F)(F)CC2)c2cccnc2)cc1. The number of anilines is 1. The van der Waals surface area contributed by atoms with Crippen molar-refractivity contribution < 1.29 is 23.5 Å². The summed E-state index contributed by atoms with van der Waals surface area (Å²) in [5.74, 6) is -3.78. The lowest BCUT2D eigenvalue weighted by Crippen LogP contribution is -2.52. The maximum absolute atomic E-state index is 14.2. The quantitative estimate of drug-likeness (QED) is 0.536. The Kier molecular flexibility index (Phi) is 8.21. The number of carbonyl (C=O) groups is 2. The molecule has 39 heavy (non-hydrogen) atoms. The zero-order chi connectivity index (χ0) is 28.4. The molecule has 1 aliphatic heterocycles. The molecular weight excluding hydrogens is 504 g/mol. The first-order valence-electron chi connectivity index (χ1n) is 13.3. The van der Waals surface area contributed by atoms with Crippen molar-refractivity contribution in [2.45, 2.75) is 88.4 Å². The van der Waals surface area contributed by atoms with E-state index in [2.05, 4.69) is 31.1 Å². The summed E-state index contributed by atoms with van der Waals surface area (Å²) in [5, 5.41) is 22.8. The maximum atomic E-state index is 14.2. The number of rotatable bonds is 6. The molecule has 2 N–H and O–H groups in total. The summed E-state index contributed by atoms with van der Waals surface area (Å²) in [4.78, 5) is 34.8. The van der Waals surface area contributed by atoms with Crippen molar-refractivity contribution >= 4 is 17.5 Å². The lowest BCUT2D eigenvalue weighted by atomic mass is 9.87. The van der Waals surface area contributed by atoms with E-state index in [0.29, 0.717) is 11.3 Å². The van der Waals surface area contributed by atoms with Crippen LogP contribution in [-0.2, 0) is 15.0 Å². The molecule has 1 aromatic heterocycles. The van der Waals surface area contributed by atoms with Gasteiger partial charge in [-0.2, -0.15) is 5.26 Å². The Morgan fingerprint density at radius 2 is 1.87 bits per heavy atom. The number of aromatic nitrogens is 1. The molecule has 1 aliphatic carbocycles. The van der Waals surface area contributed by atoms with Gasteiger partial charge < -0.3 is 10.4 Å². The van der Waals surface area contributed by atoms with Crippen molar-refractivity contribution in [2.75, 3.05) is 11.4 Å². The number of β-amino-alcohol motifs (C(OH)–C–C–N with tert-alkyl or cyclic N) is 1. The number of amides is 2. The molecule has 2 aromatic rings. The van der Waals surface area contributed by atoms with E-state index in [1.807, 2.05) is 18.3 Å². The summed E-state index contributed by atoms with van der Waals surface area (Å²) in [7, 11) is 0. The van der Waals surface area contributed by atoms with E-state index in [-0.39, 0.29) is 44.1 Å². The van der Waals surface area contributed by atoms with Crippen molar-refractivity contribution in [1.29, 1.82) is 5.26 Å². The average Bonchev–Trinajstić information content (AvgIpc) is 3.29. The number of aliphatic hydroxyl groups is 1. The predicted molar refractivity (Wildman–Crippen MR) is 142 cm³/mol. The second-order valence-electron chi connectivity index (χ2n) is 11.5. The minimum absolute atomic E-state index is 0.0176. The fourth-order valence-corrected chi connectivity index (χ4v) is 5.26. The fraction of sp³-hybridized carbons (Fsp3) is 0.517. The van der Waals surface area contributed by atoms with Crippen LogP contribution in [-0.4, -0.2) is 57.5 Å². The fourth-order valence-electron chi connectivity index (χ4n) is 5.26. The van der Waals surface area contributed by atoms with Crippen LogP contribution in [0.4, 0.5) is 14.5 Å². The Labute approximate surface area is 227 Å². The van der Waals surface area contributed by atoms with Gasteiger partial charge in [-0.15, -0.1) is 0 Å². The van der Waals surface area contributed by atoms with Gasteiger partial charge in [0.1, 0.15) is 12.1 Å². The molecule has 1 aromatic carbocycles. The summed E-state index contributed by atoms with van der Waals surface area (Å²) in [6.45, 7) is 6.21. The molecule has 2 heterocycles. The molecule has 0 radical (unpaired) electrons. The molecule has 1 saturated heterocycles. The smallest absolute Gasteiger partial charge is 0.251 e. The van der Waals surface area contributed by atoms with E-state index >= 15 is 0 Å². The van der Waals surface area contributed by atoms with Crippen LogP contribution in [0.5, 0.6) is 0 Å². The molecule has 2 aliphatic rings. The van der Waals surface area contributed by atoms with Crippen LogP contribution in [0, 0.1) is 11.5 Å². The number of likely N-dealkylation sites (tertiary alicyclic amines) is 1. The van der Waals surface area contributed by atoms with E-state index in [4.69, 9.17) is 0 Å². The van der Waals surface area contributed by atoms with Gasteiger partial charge in [0.2, 0.25) is 11.8 Å². The molecule has 2 fully saturated rings. The molecule has 4 rings (SSSR count). The molecule has 0 spiro atoms. The minimum Gasteiger partial charge on any atom is -0.391 e. The lowest BCUT2D eigenvalue weighted by molar-refractivity contribution is -0.129. The number of carbonyl (C=O) groups excluding carboxylic acids is 2. The summed E-state index contributed by atoms with van der Waals surface area (Å²) in [5.41, 5.74) is 1.75. The van der Waals surface area contributed by atoms with Crippen LogP contribution in [0.15, 0.2) is 48.8 Å². The number of nitrogens with one attached hydrogen (secondary N) is 1. The normalized spacial score (nSPS) is 22.1. The summed E-state index contributed by atoms with van der Waals surface area (Å²) < 4.78 is 27.5. The molecule has 2 amide bonds. The standard InChI is InChI=1S/C29H35F2N5O3/c1-28(2,3)20-6-8-22(9-7-20)36(27(39)24-15-23(37)17-35(24)18-32)25(19-5-4-14-33-16-19)26(38)34-21-10-12-29(30,31)13-11-21/h4-9,14,16,21,23-25,37H,10-13,15,17H2,1-3H3,(H,34,38)/t23-,24-,25?/m1/s1. The predicted octanol–water partition coefficient (Wildman–Crippen LogP) is 4.06. The number of pyridine rings is 1. The molecule has 0 bridgehead atoms. The Hall–Kier alpha value is -3.58. The number of hydrogen-bond acceptors (Lipinski definition) is 6. The first-order valence-corrected chi connectivity index (χ1v) is 13.3. The number of benzene rings is 1. The highest BCUT2D eigenvalue weighted by molar-refractivity contribution is 6.04. The van der Waals surface area contributed by atoms with Crippen molar-refractivity contribution in [3.05, 3.63) is 59.9 Å². The Bertz CT molecular complexity index is 1200. The molecule has 208 valence electrons. The van der Waals surface area contributed by atoms with E-state index in [9.17, 15) is 28.7 Å². The van der Waals surface area contributed by atoms with Gasteiger partial charge in [-0.1, -0.05) is 39.0 Å². The topological polar surface area (TPSA) is 110 Å². The third-order valence-electron chi connectivity index (χ3n) is 7.51. The molecule has 3 atom stereocenters. The number of nitriles is 1. The van der Waals surface area contributed by atoms with Crippen LogP contribution < -0.4 is 10.2 Å². The third kappa shape index (κ3) is 6.53. The number of alkyl halides is 2. The summed E-state index contributed by atoms with van der Waals surface area (Å²) >= 11 is 0. The third-order valence-corrected chi connectivity index (χ3v) is 7.51. The van der Waals surface area contributed by atoms with Crippen LogP contribution in [0.2, 0.25) is 0 Å². The van der Waals surface area contributed by atoms with Gasteiger partial charge in [0.25, 0.3) is 5.91 Å². The van der Waals surface area contributed by atoms with Gasteiger partial charge in [-0.3, -0.25) is 24.4 Å². The number of aliphatic hydroxyl groups excluding tert-OH is 1. The van der Waals surface area contributed by atoms with Gasteiger partial charge >= 0.3 is 0 Å². The van der Waals surface area contributed by atoms with E-state index in [1.165, 1.54) is 16.0 Å². The van der Waals surface area contributed by atoms with Gasteiger partial charge in [0.15, 0.2) is 6.19 Å². The highest BCUT2D eigenvalue weighted by Crippen LogP contribution is 2.35. The molecular formula is C29H35F2N5O3. The number of hydrogen-bond donors (Lipinski definition) is 2. The first-order chi connectivity index (χ1) is 18.4. The summed E-state index contributed by atoms with van der Waals surface area (Å²) in [6, 6.07) is 8.05. The van der Waals surface area contributed by atoms with Crippen LogP contribution in [0.3, 0.4) is 0 Å². The minimum atomic E-state index is -2.75. The zero-order valence-corrected chi connectivity index (χ0v) is 22.5. The highest BCUT2D eigenvalue weighted by atomic mass is 19.3. The van der Waals surface area contributed by atoms with Crippen LogP contribution >= 0.6 is 0 Å². The van der Waals surface area contributed by atoms with E-state index in [1.54, 1.807) is 30.5 Å². The molecule has 1 saturated carbocycles. The number of halogens is 2. The molecule has 1 unspecified atom stereocenters. The lowest BCUT2D eigenvalue weighted by Gasteiger charge is -2.36. The second kappa shape index (κ2) is 11.3. The maximum Gasteiger partial charge on any atom is 0.251 e. The monoisotopic (exact) mass is 539 g/mol. The van der Waals surface area contributed by atoms with Crippen LogP contribution in [0.1, 0.15) is 70.0 Å². The van der Waals surface area contributed by atoms with Gasteiger partial charge in [0.05, 0.1) is 12.6 Å². The van der Waals surface area contributed by atoms with Crippen molar-refractivity contribution in [2.24, 2.45) is 0 Å². The van der Waals surface area contributed by atoms with Gasteiger partial charge in [-0.05, 0) is 42.0 Å². The van der Waals surface area contributed by atoms with E-state index in [0.717, 1.165) is 5.56 Å². The average molecular weight is 540 g/mol. The first kappa shape index (κ1) is 28.4. The van der Waals surface area contributed by atoms with E-state index < -0.39 is 42.0 Å². The largest absolute Gasteiger partial charge is 0.391 e.